The number of rotatable bonds is 5. The van der Waals surface area contributed by atoms with Crippen molar-refractivity contribution in [2.45, 2.75) is 30.1 Å². The van der Waals surface area contributed by atoms with Crippen LogP contribution in [0.25, 0.3) is 0 Å². The normalized spacial score (nSPS) is 16.8. The average Bonchev–Trinajstić information content (AvgIpc) is 2.93. The van der Waals surface area contributed by atoms with E-state index in [4.69, 9.17) is 4.74 Å². The number of amides is 3. The van der Waals surface area contributed by atoms with Gasteiger partial charge < -0.3 is 10.1 Å². The fourth-order valence-electron chi connectivity index (χ4n) is 1.97. The lowest BCUT2D eigenvalue weighted by molar-refractivity contribution is -0.156. The molecule has 0 unspecified atom stereocenters. The Morgan fingerprint density at radius 2 is 1.95 bits per heavy atom. The van der Waals surface area contributed by atoms with Crippen LogP contribution < -0.4 is 5.32 Å². The molecule has 0 saturated carbocycles. The van der Waals surface area contributed by atoms with E-state index in [0.717, 1.165) is 9.80 Å². The first-order valence-electron chi connectivity index (χ1n) is 7.00. The summed E-state index contributed by atoms with van der Waals surface area (Å²) in [6.07, 6.45) is -0.977. The van der Waals surface area contributed by atoms with Crippen LogP contribution in [0.4, 0.5) is 4.79 Å². The molecule has 1 aliphatic rings. The van der Waals surface area contributed by atoms with E-state index in [1.165, 1.54) is 18.7 Å². The molecule has 3 amide bonds. The zero-order chi connectivity index (χ0) is 16.1. The van der Waals surface area contributed by atoms with Crippen molar-refractivity contribution in [3.05, 3.63) is 30.3 Å². The summed E-state index contributed by atoms with van der Waals surface area (Å²) in [5.74, 6) is -0.977. The van der Waals surface area contributed by atoms with E-state index in [-0.39, 0.29) is 0 Å². The number of esters is 1. The zero-order valence-electron chi connectivity index (χ0n) is 12.4. The number of imide groups is 1. The molecule has 1 aliphatic heterocycles. The van der Waals surface area contributed by atoms with Crippen LogP contribution in [0.3, 0.4) is 0 Å². The van der Waals surface area contributed by atoms with Crippen LogP contribution >= 0.6 is 11.8 Å². The molecule has 1 aromatic carbocycles. The van der Waals surface area contributed by atoms with Crippen molar-refractivity contribution in [2.75, 3.05) is 13.1 Å². The van der Waals surface area contributed by atoms with Gasteiger partial charge in [-0.25, -0.2) is 4.79 Å². The molecule has 22 heavy (non-hydrogen) atoms. The first-order chi connectivity index (χ1) is 10.5. The molecular formula is C15H18N2O4S. The summed E-state index contributed by atoms with van der Waals surface area (Å²) in [5.41, 5.74) is 0. The van der Waals surface area contributed by atoms with Crippen LogP contribution in [0.1, 0.15) is 13.8 Å². The van der Waals surface area contributed by atoms with Crippen molar-refractivity contribution in [3.63, 3.8) is 0 Å². The predicted octanol–water partition coefficient (Wildman–Crippen LogP) is 1.65. The standard InChI is InChI=1S/C15H18N2O4S/c1-10(13(18)17-9-8-16-15(17)20)21-14(19)11(2)22-12-6-4-3-5-7-12/h3-7,10-11H,8-9H2,1-2H3,(H,16,20)/t10-,11+/m1/s1. The van der Waals surface area contributed by atoms with Crippen LogP contribution in [-0.4, -0.2) is 47.3 Å². The molecule has 2 rings (SSSR count). The number of thioether (sulfide) groups is 1. The highest BCUT2D eigenvalue weighted by atomic mass is 32.2. The van der Waals surface area contributed by atoms with Gasteiger partial charge in [-0.2, -0.15) is 0 Å². The second kappa shape index (κ2) is 7.31. The predicted molar refractivity (Wildman–Crippen MR) is 82.4 cm³/mol. The minimum Gasteiger partial charge on any atom is -0.452 e. The number of hydrogen-bond acceptors (Lipinski definition) is 5. The van der Waals surface area contributed by atoms with Crippen LogP contribution in [0.2, 0.25) is 0 Å². The molecule has 118 valence electrons. The molecule has 0 radical (unpaired) electrons. The van der Waals surface area contributed by atoms with Crippen molar-refractivity contribution in [2.24, 2.45) is 0 Å². The van der Waals surface area contributed by atoms with Crippen LogP contribution in [0.5, 0.6) is 0 Å². The summed E-state index contributed by atoms with van der Waals surface area (Å²) in [7, 11) is 0. The summed E-state index contributed by atoms with van der Waals surface area (Å²) >= 11 is 1.36. The van der Waals surface area contributed by atoms with Gasteiger partial charge in [-0.1, -0.05) is 18.2 Å². The van der Waals surface area contributed by atoms with Gasteiger partial charge in [-0.15, -0.1) is 11.8 Å². The highest BCUT2D eigenvalue weighted by Crippen LogP contribution is 2.23. The maximum atomic E-state index is 12.1. The van der Waals surface area contributed by atoms with Crippen molar-refractivity contribution in [1.29, 1.82) is 0 Å². The number of carbonyl (C=O) groups is 3. The molecule has 1 heterocycles. The highest BCUT2D eigenvalue weighted by molar-refractivity contribution is 8.00. The number of nitrogens with zero attached hydrogens (tertiary/aromatic N) is 1. The molecule has 0 aromatic heterocycles. The Bertz CT molecular complexity index is 564. The Labute approximate surface area is 133 Å². The minimum atomic E-state index is -0.977. The molecule has 0 bridgehead atoms. The van der Waals surface area contributed by atoms with E-state index in [9.17, 15) is 14.4 Å². The smallest absolute Gasteiger partial charge is 0.324 e. The summed E-state index contributed by atoms with van der Waals surface area (Å²) in [4.78, 5) is 37.5. The minimum absolute atomic E-state index is 0.299. The van der Waals surface area contributed by atoms with Crippen LogP contribution in [0.15, 0.2) is 35.2 Å². The van der Waals surface area contributed by atoms with E-state index in [0.29, 0.717) is 13.1 Å². The van der Waals surface area contributed by atoms with Crippen LogP contribution in [0, 0.1) is 0 Å². The van der Waals surface area contributed by atoms with Gasteiger partial charge >= 0.3 is 12.0 Å². The molecule has 2 atom stereocenters. The van der Waals surface area contributed by atoms with Gasteiger partial charge in [0.1, 0.15) is 5.25 Å². The molecule has 0 aliphatic carbocycles. The lowest BCUT2D eigenvalue weighted by Gasteiger charge is -2.19. The molecule has 1 saturated heterocycles. The van der Waals surface area contributed by atoms with Crippen molar-refractivity contribution < 1.29 is 19.1 Å². The fourth-order valence-corrected chi connectivity index (χ4v) is 2.85. The summed E-state index contributed by atoms with van der Waals surface area (Å²) in [6, 6.07) is 9.03. The number of urea groups is 1. The van der Waals surface area contributed by atoms with Gasteiger partial charge in [0, 0.05) is 18.0 Å². The van der Waals surface area contributed by atoms with Gasteiger partial charge in [0.25, 0.3) is 5.91 Å². The quantitative estimate of drug-likeness (QED) is 0.659. The monoisotopic (exact) mass is 322 g/mol. The maximum Gasteiger partial charge on any atom is 0.324 e. The molecular weight excluding hydrogens is 304 g/mol. The first-order valence-corrected chi connectivity index (χ1v) is 7.88. The van der Waals surface area contributed by atoms with Gasteiger partial charge in [0.05, 0.1) is 0 Å². The number of nitrogens with one attached hydrogen (secondary N) is 1. The Morgan fingerprint density at radius 1 is 1.27 bits per heavy atom. The largest absolute Gasteiger partial charge is 0.452 e. The molecule has 1 aromatic rings. The van der Waals surface area contributed by atoms with Crippen molar-refractivity contribution >= 4 is 29.7 Å². The third kappa shape index (κ3) is 4.00. The maximum absolute atomic E-state index is 12.1. The molecule has 7 heteroatoms. The molecule has 0 spiro atoms. The van der Waals surface area contributed by atoms with Gasteiger partial charge in [0.15, 0.2) is 6.10 Å². The lowest BCUT2D eigenvalue weighted by Crippen LogP contribution is -2.42. The second-order valence-corrected chi connectivity index (χ2v) is 6.29. The third-order valence-electron chi connectivity index (χ3n) is 3.15. The molecule has 1 N–H and O–H groups in total. The number of hydrogen-bond donors (Lipinski definition) is 1. The van der Waals surface area contributed by atoms with Crippen LogP contribution in [-0.2, 0) is 14.3 Å². The number of benzene rings is 1. The van der Waals surface area contributed by atoms with E-state index >= 15 is 0 Å². The van der Waals surface area contributed by atoms with E-state index in [1.807, 2.05) is 30.3 Å². The summed E-state index contributed by atoms with van der Waals surface area (Å²) in [5, 5.41) is 2.10. The highest BCUT2D eigenvalue weighted by Gasteiger charge is 2.32. The zero-order valence-corrected chi connectivity index (χ0v) is 13.3. The number of carbonyl (C=O) groups excluding carboxylic acids is 3. The van der Waals surface area contributed by atoms with Crippen molar-refractivity contribution in [3.8, 4) is 0 Å². The van der Waals surface area contributed by atoms with Gasteiger partial charge in [-0.3, -0.25) is 14.5 Å². The third-order valence-corrected chi connectivity index (χ3v) is 4.24. The van der Waals surface area contributed by atoms with E-state index < -0.39 is 29.3 Å². The van der Waals surface area contributed by atoms with Gasteiger partial charge in [-0.05, 0) is 26.0 Å². The van der Waals surface area contributed by atoms with Crippen molar-refractivity contribution in [1.82, 2.24) is 10.2 Å². The van der Waals surface area contributed by atoms with E-state index in [1.54, 1.807) is 6.92 Å². The molecule has 1 fully saturated rings. The second-order valence-electron chi connectivity index (χ2n) is 4.87. The summed E-state index contributed by atoms with van der Waals surface area (Å²) in [6.45, 7) is 3.92. The Kier molecular flexibility index (Phi) is 5.43. The van der Waals surface area contributed by atoms with E-state index in [2.05, 4.69) is 5.32 Å². The lowest BCUT2D eigenvalue weighted by atomic mass is 10.3. The fraction of sp³-hybridized carbons (Fsp3) is 0.400. The Morgan fingerprint density at radius 3 is 2.55 bits per heavy atom. The van der Waals surface area contributed by atoms with Gasteiger partial charge in [0.2, 0.25) is 0 Å². The first kappa shape index (κ1) is 16.4. The summed E-state index contributed by atoms with van der Waals surface area (Å²) < 4.78 is 5.18. The number of ether oxygens (including phenoxy) is 1. The topological polar surface area (TPSA) is 75.7 Å². The SMILES string of the molecule is C[C@H](Sc1ccccc1)C(=O)O[C@H](C)C(=O)N1CCNC1=O. The average molecular weight is 322 g/mol. The molecule has 6 nitrogen and oxygen atoms in total. The Hall–Kier alpha value is -2.02. The Balaban J connectivity index is 1.87.